The maximum atomic E-state index is 12.1. The van der Waals surface area contributed by atoms with Crippen molar-refractivity contribution < 1.29 is 54.2 Å². The molecule has 1 aromatic carbocycles. The summed E-state index contributed by atoms with van der Waals surface area (Å²) in [7, 11) is 1.63. The van der Waals surface area contributed by atoms with Gasteiger partial charge in [0.1, 0.15) is 5.75 Å². The van der Waals surface area contributed by atoms with Crippen molar-refractivity contribution in [2.24, 2.45) is 0 Å². The minimum atomic E-state index is -1.82. The van der Waals surface area contributed by atoms with E-state index >= 15 is 0 Å². The Kier molecular flexibility index (Phi) is 14.1. The number of aliphatic hydroxyl groups excluding tert-OH is 1. The van der Waals surface area contributed by atoms with Crippen LogP contribution in [-0.2, 0) is 24.0 Å². The summed E-state index contributed by atoms with van der Waals surface area (Å²) in [6, 6.07) is 11.5. The molecule has 1 fully saturated rings. The van der Waals surface area contributed by atoms with Crippen molar-refractivity contribution in [3.8, 4) is 5.75 Å². The molecular weight excluding hydrogens is 582 g/mol. The predicted octanol–water partition coefficient (Wildman–Crippen LogP) is 0.676. The van der Waals surface area contributed by atoms with Crippen molar-refractivity contribution in [1.29, 1.82) is 0 Å². The lowest BCUT2D eigenvalue weighted by Crippen LogP contribution is -2.45. The smallest absolute Gasteiger partial charge is 0.414 e. The number of carboxylic acids is 4. The maximum absolute atomic E-state index is 12.1. The highest BCUT2D eigenvalue weighted by molar-refractivity contribution is 6.27. The second-order valence-corrected chi connectivity index (χ2v) is 9.27. The summed E-state index contributed by atoms with van der Waals surface area (Å²) in [5.74, 6) is -6.62. The molecule has 0 aliphatic carbocycles. The number of hydrogen-bond acceptors (Lipinski definition) is 11. The number of aliphatic carboxylic acids is 4. The molecule has 4 rings (SSSR count). The number of amides is 1. The quantitative estimate of drug-likeness (QED) is 0.172. The number of rotatable bonds is 8. The summed E-state index contributed by atoms with van der Waals surface area (Å²) in [5.41, 5.74) is 2.40. The Labute approximate surface area is 250 Å². The second kappa shape index (κ2) is 17.7. The Morgan fingerprint density at radius 1 is 0.955 bits per heavy atom. The van der Waals surface area contributed by atoms with Crippen LogP contribution in [-0.4, -0.2) is 110 Å². The molecule has 0 bridgehead atoms. The summed E-state index contributed by atoms with van der Waals surface area (Å²) in [5, 5.41) is 47.6. The van der Waals surface area contributed by atoms with Crippen LogP contribution >= 0.6 is 0 Å². The van der Waals surface area contributed by atoms with Crippen LogP contribution < -0.4 is 15.4 Å². The van der Waals surface area contributed by atoms with E-state index in [4.69, 9.17) is 44.3 Å². The number of anilines is 1. The number of nitrogens with zero attached hydrogens (tertiary/aromatic N) is 3. The molecule has 16 heteroatoms. The number of hydrogen-bond donors (Lipinski definition) is 7. The van der Waals surface area contributed by atoms with Crippen LogP contribution in [0.4, 0.5) is 5.69 Å². The monoisotopic (exact) mass is 615 g/mol. The summed E-state index contributed by atoms with van der Waals surface area (Å²) >= 11 is 0. The van der Waals surface area contributed by atoms with Gasteiger partial charge in [0.25, 0.3) is 0 Å². The topological polar surface area (TPSA) is 249 Å². The SMILES string of the molecule is COc1ccc2nccc([C@@H](O)CN3CCC(NCC(=O)Nc4cccnc4)CC3)c2c1.O=C(O)C(=O)O.O=C(O)C(=O)O. The van der Waals surface area contributed by atoms with Crippen molar-refractivity contribution in [2.75, 3.05) is 38.6 Å². The normalized spacial score (nSPS) is 13.7. The summed E-state index contributed by atoms with van der Waals surface area (Å²) in [6.07, 6.45) is 6.29. The van der Waals surface area contributed by atoms with Gasteiger partial charge < -0.3 is 45.8 Å². The van der Waals surface area contributed by atoms with Gasteiger partial charge in [-0.25, -0.2) is 19.2 Å². The van der Waals surface area contributed by atoms with Gasteiger partial charge in [0.05, 0.1) is 37.2 Å². The molecule has 1 aliphatic heterocycles. The number of methoxy groups -OCH3 is 1. The highest BCUT2D eigenvalue weighted by Gasteiger charge is 2.23. The molecule has 0 radical (unpaired) electrons. The average molecular weight is 616 g/mol. The average Bonchev–Trinajstić information content (AvgIpc) is 3.01. The molecule has 44 heavy (non-hydrogen) atoms. The van der Waals surface area contributed by atoms with E-state index in [1.807, 2.05) is 30.3 Å². The Hall–Kier alpha value is -5.19. The van der Waals surface area contributed by atoms with E-state index in [1.165, 1.54) is 0 Å². The lowest BCUT2D eigenvalue weighted by atomic mass is 10.0. The molecule has 7 N–H and O–H groups in total. The van der Waals surface area contributed by atoms with Gasteiger partial charge in [-0.3, -0.25) is 14.8 Å². The molecule has 1 aliphatic rings. The minimum absolute atomic E-state index is 0.0733. The number of aliphatic hydroxyl groups is 1. The lowest BCUT2D eigenvalue weighted by Gasteiger charge is -2.33. The van der Waals surface area contributed by atoms with Crippen LogP contribution in [0.3, 0.4) is 0 Å². The van der Waals surface area contributed by atoms with E-state index in [9.17, 15) is 9.90 Å². The summed E-state index contributed by atoms with van der Waals surface area (Å²) in [4.78, 5) is 59.2. The predicted molar refractivity (Wildman–Crippen MR) is 154 cm³/mol. The molecule has 1 amide bonds. The molecule has 3 heterocycles. The Bertz CT molecular complexity index is 1380. The number of carbonyl (C=O) groups excluding carboxylic acids is 1. The molecular formula is C28H33N5O11. The van der Waals surface area contributed by atoms with E-state index in [2.05, 4.69) is 25.5 Å². The first-order valence-electron chi connectivity index (χ1n) is 13.1. The van der Waals surface area contributed by atoms with E-state index in [-0.39, 0.29) is 18.5 Å². The highest BCUT2D eigenvalue weighted by atomic mass is 16.5. The Morgan fingerprint density at radius 2 is 1.59 bits per heavy atom. The number of piperidine rings is 1. The molecule has 236 valence electrons. The first-order chi connectivity index (χ1) is 20.9. The summed E-state index contributed by atoms with van der Waals surface area (Å²) < 4.78 is 5.33. The number of β-amino-alcohol motifs (C(OH)–C–C–N with tert-alkyl or cyclic N) is 1. The molecule has 0 saturated carbocycles. The first kappa shape index (κ1) is 35.0. The zero-order chi connectivity index (χ0) is 32.6. The van der Waals surface area contributed by atoms with Gasteiger partial charge in [0, 0.05) is 30.4 Å². The van der Waals surface area contributed by atoms with Gasteiger partial charge in [0.15, 0.2) is 0 Å². The third-order valence-electron chi connectivity index (χ3n) is 6.22. The number of likely N-dealkylation sites (tertiary alicyclic amines) is 1. The third-order valence-corrected chi connectivity index (χ3v) is 6.22. The standard InChI is InChI=1S/C24H29N5O3.2C2H2O4/c1-32-19-4-5-22-21(13-19)20(6-10-26-22)23(30)16-29-11-7-17(8-12-29)27-15-24(31)28-18-3-2-9-25-14-18;2*3-1(4)2(5)6/h2-6,9-10,13-14,17,23,27,30H,7-8,11-12,15-16H2,1H3,(H,28,31);2*(H,3,4)(H,5,6)/t23-;;/m0../s1. The van der Waals surface area contributed by atoms with Crippen molar-refractivity contribution in [2.45, 2.75) is 25.0 Å². The fourth-order valence-corrected chi connectivity index (χ4v) is 4.11. The number of aromatic nitrogens is 2. The van der Waals surface area contributed by atoms with Gasteiger partial charge in [-0.2, -0.15) is 0 Å². The van der Waals surface area contributed by atoms with Gasteiger partial charge in [-0.15, -0.1) is 0 Å². The molecule has 0 unspecified atom stereocenters. The van der Waals surface area contributed by atoms with Crippen LogP contribution in [0.15, 0.2) is 55.0 Å². The highest BCUT2D eigenvalue weighted by Crippen LogP contribution is 2.27. The van der Waals surface area contributed by atoms with Crippen molar-refractivity contribution in [1.82, 2.24) is 20.2 Å². The molecule has 2 aromatic heterocycles. The number of carboxylic acid groups (broad SMARTS) is 4. The Morgan fingerprint density at radius 3 is 2.14 bits per heavy atom. The zero-order valence-corrected chi connectivity index (χ0v) is 23.6. The van der Waals surface area contributed by atoms with Crippen LogP contribution in [0, 0.1) is 0 Å². The molecule has 16 nitrogen and oxygen atoms in total. The molecule has 0 spiro atoms. The van der Waals surface area contributed by atoms with Gasteiger partial charge >= 0.3 is 23.9 Å². The minimum Gasteiger partial charge on any atom is -0.497 e. The van der Waals surface area contributed by atoms with E-state index in [0.717, 1.165) is 48.1 Å². The maximum Gasteiger partial charge on any atom is 0.414 e. The van der Waals surface area contributed by atoms with Crippen LogP contribution in [0.5, 0.6) is 5.75 Å². The van der Waals surface area contributed by atoms with E-state index in [0.29, 0.717) is 12.2 Å². The number of pyridine rings is 2. The van der Waals surface area contributed by atoms with E-state index < -0.39 is 30.0 Å². The van der Waals surface area contributed by atoms with E-state index in [1.54, 1.807) is 31.8 Å². The number of ether oxygens (including phenoxy) is 1. The number of nitrogens with one attached hydrogen (secondary N) is 2. The van der Waals surface area contributed by atoms with Gasteiger partial charge in [0.2, 0.25) is 5.91 Å². The fraction of sp³-hybridized carbons (Fsp3) is 0.321. The van der Waals surface area contributed by atoms with Crippen molar-refractivity contribution >= 4 is 46.4 Å². The second-order valence-electron chi connectivity index (χ2n) is 9.27. The molecule has 1 atom stereocenters. The molecule has 1 saturated heterocycles. The third kappa shape index (κ3) is 12.0. The number of benzene rings is 1. The fourth-order valence-electron chi connectivity index (χ4n) is 4.11. The lowest BCUT2D eigenvalue weighted by molar-refractivity contribution is -0.159. The Balaban J connectivity index is 0.000000477. The van der Waals surface area contributed by atoms with Gasteiger partial charge in [-0.05, 0) is 67.9 Å². The number of carbonyl (C=O) groups is 5. The summed E-state index contributed by atoms with van der Waals surface area (Å²) in [6.45, 7) is 2.56. The largest absolute Gasteiger partial charge is 0.497 e. The number of fused-ring (bicyclic) bond motifs is 1. The van der Waals surface area contributed by atoms with Crippen LogP contribution in [0.1, 0.15) is 24.5 Å². The zero-order valence-electron chi connectivity index (χ0n) is 23.6. The van der Waals surface area contributed by atoms with Crippen LogP contribution in [0.25, 0.3) is 10.9 Å². The van der Waals surface area contributed by atoms with Crippen LogP contribution in [0.2, 0.25) is 0 Å². The van der Waals surface area contributed by atoms with Gasteiger partial charge in [-0.1, -0.05) is 0 Å². The van der Waals surface area contributed by atoms with Crippen molar-refractivity contribution in [3.05, 3.63) is 60.6 Å². The first-order valence-corrected chi connectivity index (χ1v) is 13.1. The van der Waals surface area contributed by atoms with Crippen molar-refractivity contribution in [3.63, 3.8) is 0 Å². The molecule has 3 aromatic rings.